The standard InChI is InChI=1S/C21H30N6O2/c1-25-11-9-19-22-23-20(27(19)13-12-25)17-8-5-10-26(17)21(28)18-14-16(24-29-18)15-6-3-2-4-7-15/h14-15,17H,2-13H2,1H3. The number of nitrogens with zero attached hydrogens (tertiary/aromatic N) is 6. The molecule has 2 aromatic rings. The third-order valence-electron chi connectivity index (χ3n) is 6.85. The molecule has 5 rings (SSSR count). The maximum Gasteiger partial charge on any atom is 0.293 e. The van der Waals surface area contributed by atoms with Crippen molar-refractivity contribution in [2.24, 2.45) is 0 Å². The summed E-state index contributed by atoms with van der Waals surface area (Å²) in [4.78, 5) is 17.5. The first-order valence-electron chi connectivity index (χ1n) is 11.1. The normalized spacial score (nSPS) is 23.9. The quantitative estimate of drug-likeness (QED) is 0.791. The molecule has 8 nitrogen and oxygen atoms in total. The minimum absolute atomic E-state index is 0.0320. The average Bonchev–Trinajstić information content (AvgIpc) is 3.48. The lowest BCUT2D eigenvalue weighted by atomic mass is 9.87. The minimum Gasteiger partial charge on any atom is -0.351 e. The number of fused-ring (bicyclic) bond motifs is 1. The number of aromatic nitrogens is 4. The van der Waals surface area contributed by atoms with Crippen molar-refractivity contribution < 1.29 is 9.32 Å². The lowest BCUT2D eigenvalue weighted by Gasteiger charge is -2.23. The molecular formula is C21H30N6O2. The number of hydrogen-bond donors (Lipinski definition) is 0. The van der Waals surface area contributed by atoms with Gasteiger partial charge < -0.3 is 18.9 Å². The molecule has 1 aliphatic carbocycles. The van der Waals surface area contributed by atoms with Crippen LogP contribution in [0.2, 0.25) is 0 Å². The van der Waals surface area contributed by atoms with Crippen molar-refractivity contribution in [3.8, 4) is 0 Å². The third kappa shape index (κ3) is 3.58. The van der Waals surface area contributed by atoms with E-state index in [9.17, 15) is 4.79 Å². The zero-order valence-corrected chi connectivity index (χ0v) is 17.2. The van der Waals surface area contributed by atoms with Gasteiger partial charge in [-0.3, -0.25) is 4.79 Å². The Hall–Kier alpha value is -2.22. The first-order valence-corrected chi connectivity index (χ1v) is 11.1. The summed E-state index contributed by atoms with van der Waals surface area (Å²) in [5, 5.41) is 13.2. The molecule has 0 spiro atoms. The lowest BCUT2D eigenvalue weighted by Crippen LogP contribution is -2.32. The van der Waals surface area contributed by atoms with Gasteiger partial charge >= 0.3 is 0 Å². The summed E-state index contributed by atoms with van der Waals surface area (Å²) >= 11 is 0. The number of hydrogen-bond acceptors (Lipinski definition) is 6. The van der Waals surface area contributed by atoms with Crippen LogP contribution in [0.4, 0.5) is 0 Å². The van der Waals surface area contributed by atoms with Crippen LogP contribution in [0.3, 0.4) is 0 Å². The number of amides is 1. The van der Waals surface area contributed by atoms with E-state index in [1.165, 1.54) is 19.3 Å². The molecule has 1 saturated carbocycles. The smallest absolute Gasteiger partial charge is 0.293 e. The van der Waals surface area contributed by atoms with Crippen LogP contribution in [-0.4, -0.2) is 62.3 Å². The molecule has 29 heavy (non-hydrogen) atoms. The molecule has 1 saturated heterocycles. The highest BCUT2D eigenvalue weighted by Crippen LogP contribution is 2.35. The average molecular weight is 399 g/mol. The topological polar surface area (TPSA) is 80.3 Å². The van der Waals surface area contributed by atoms with Gasteiger partial charge in [-0.15, -0.1) is 10.2 Å². The Morgan fingerprint density at radius 1 is 1.03 bits per heavy atom. The molecule has 156 valence electrons. The molecule has 8 heteroatoms. The Balaban J connectivity index is 1.36. The molecule has 1 amide bonds. The molecule has 4 heterocycles. The van der Waals surface area contributed by atoms with E-state index in [1.54, 1.807) is 0 Å². The van der Waals surface area contributed by atoms with Crippen molar-refractivity contribution in [1.82, 2.24) is 29.7 Å². The van der Waals surface area contributed by atoms with E-state index in [2.05, 4.69) is 31.9 Å². The van der Waals surface area contributed by atoms with Crippen LogP contribution < -0.4 is 0 Å². The number of carbonyl (C=O) groups is 1. The molecule has 2 aromatic heterocycles. The van der Waals surface area contributed by atoms with Gasteiger partial charge in [-0.05, 0) is 32.7 Å². The Bertz CT molecular complexity index is 868. The SMILES string of the molecule is CN1CCc2nnc(C3CCCN3C(=O)c3cc(C4CCCCC4)no3)n2CC1. The highest BCUT2D eigenvalue weighted by Gasteiger charge is 2.36. The van der Waals surface area contributed by atoms with Gasteiger partial charge in [-0.2, -0.15) is 0 Å². The van der Waals surface area contributed by atoms with Gasteiger partial charge in [0, 0.05) is 44.6 Å². The maximum absolute atomic E-state index is 13.3. The van der Waals surface area contributed by atoms with E-state index in [1.807, 2.05) is 11.0 Å². The van der Waals surface area contributed by atoms with Gasteiger partial charge in [0.15, 0.2) is 5.82 Å². The molecule has 0 radical (unpaired) electrons. The summed E-state index contributed by atoms with van der Waals surface area (Å²) in [5.74, 6) is 2.70. The van der Waals surface area contributed by atoms with Crippen LogP contribution >= 0.6 is 0 Å². The van der Waals surface area contributed by atoms with Crippen LogP contribution in [-0.2, 0) is 13.0 Å². The molecule has 1 unspecified atom stereocenters. The minimum atomic E-state index is -0.0647. The largest absolute Gasteiger partial charge is 0.351 e. The second kappa shape index (κ2) is 7.89. The van der Waals surface area contributed by atoms with Gasteiger partial charge in [0.25, 0.3) is 5.91 Å². The van der Waals surface area contributed by atoms with Crippen molar-refractivity contribution in [2.75, 3.05) is 26.7 Å². The fourth-order valence-corrected chi connectivity index (χ4v) is 5.10. The van der Waals surface area contributed by atoms with Crippen molar-refractivity contribution in [3.63, 3.8) is 0 Å². The maximum atomic E-state index is 13.3. The summed E-state index contributed by atoms with van der Waals surface area (Å²) in [6.45, 7) is 3.57. The van der Waals surface area contributed by atoms with E-state index in [-0.39, 0.29) is 11.9 Å². The second-order valence-electron chi connectivity index (χ2n) is 8.79. The summed E-state index contributed by atoms with van der Waals surface area (Å²) in [6, 6.07) is 1.85. The monoisotopic (exact) mass is 398 g/mol. The van der Waals surface area contributed by atoms with Gasteiger partial charge in [0.2, 0.25) is 5.76 Å². The van der Waals surface area contributed by atoms with Crippen molar-refractivity contribution >= 4 is 5.91 Å². The molecule has 1 atom stereocenters. The van der Waals surface area contributed by atoms with Crippen LogP contribution in [0.15, 0.2) is 10.6 Å². The number of carbonyl (C=O) groups excluding carboxylic acids is 1. The van der Waals surface area contributed by atoms with E-state index in [0.717, 1.165) is 75.6 Å². The highest BCUT2D eigenvalue weighted by molar-refractivity contribution is 5.92. The molecule has 0 N–H and O–H groups in total. The van der Waals surface area contributed by atoms with E-state index < -0.39 is 0 Å². The van der Waals surface area contributed by atoms with E-state index in [4.69, 9.17) is 4.52 Å². The first-order chi connectivity index (χ1) is 14.2. The predicted octanol–water partition coefficient (Wildman–Crippen LogP) is 2.78. The number of likely N-dealkylation sites (N-methyl/N-ethyl adjacent to an activating group) is 1. The predicted molar refractivity (Wildman–Crippen MR) is 107 cm³/mol. The van der Waals surface area contributed by atoms with Gasteiger partial charge in [-0.1, -0.05) is 24.4 Å². The van der Waals surface area contributed by atoms with Crippen LogP contribution in [0.1, 0.15) is 84.8 Å². The molecule has 0 bridgehead atoms. The molecular weight excluding hydrogens is 368 g/mol. The van der Waals surface area contributed by atoms with E-state index in [0.29, 0.717) is 11.7 Å². The Morgan fingerprint density at radius 3 is 2.76 bits per heavy atom. The highest BCUT2D eigenvalue weighted by atomic mass is 16.5. The summed E-state index contributed by atoms with van der Waals surface area (Å²) in [5.41, 5.74) is 0.947. The zero-order chi connectivity index (χ0) is 19.8. The summed E-state index contributed by atoms with van der Waals surface area (Å²) in [7, 11) is 2.14. The lowest BCUT2D eigenvalue weighted by molar-refractivity contribution is 0.0684. The third-order valence-corrected chi connectivity index (χ3v) is 6.85. The van der Waals surface area contributed by atoms with E-state index >= 15 is 0 Å². The van der Waals surface area contributed by atoms with Gasteiger partial charge in [0.1, 0.15) is 5.82 Å². The second-order valence-corrected chi connectivity index (χ2v) is 8.79. The van der Waals surface area contributed by atoms with Crippen LogP contribution in [0, 0.1) is 0 Å². The Kier molecular flexibility index (Phi) is 5.11. The summed E-state index contributed by atoms with van der Waals surface area (Å²) in [6.07, 6.45) is 8.86. The number of rotatable bonds is 3. The zero-order valence-electron chi connectivity index (χ0n) is 17.2. The van der Waals surface area contributed by atoms with Gasteiger partial charge in [0.05, 0.1) is 11.7 Å². The fraction of sp³-hybridized carbons (Fsp3) is 0.714. The van der Waals surface area contributed by atoms with Crippen LogP contribution in [0.25, 0.3) is 0 Å². The Labute approximate surface area is 171 Å². The Morgan fingerprint density at radius 2 is 1.90 bits per heavy atom. The summed E-state index contributed by atoms with van der Waals surface area (Å²) < 4.78 is 7.74. The first kappa shape index (κ1) is 18.8. The van der Waals surface area contributed by atoms with Crippen molar-refractivity contribution in [3.05, 3.63) is 29.2 Å². The van der Waals surface area contributed by atoms with Crippen LogP contribution in [0.5, 0.6) is 0 Å². The number of likely N-dealkylation sites (tertiary alicyclic amines) is 1. The molecule has 2 fully saturated rings. The molecule has 3 aliphatic rings. The fourth-order valence-electron chi connectivity index (χ4n) is 5.10. The molecule has 2 aliphatic heterocycles. The van der Waals surface area contributed by atoms with Gasteiger partial charge in [-0.25, -0.2) is 0 Å². The van der Waals surface area contributed by atoms with Crippen molar-refractivity contribution in [1.29, 1.82) is 0 Å². The van der Waals surface area contributed by atoms with Crippen molar-refractivity contribution in [2.45, 2.75) is 69.9 Å². The molecule has 0 aromatic carbocycles.